The van der Waals surface area contributed by atoms with E-state index in [4.69, 9.17) is 15.3 Å². The van der Waals surface area contributed by atoms with Crippen LogP contribution in [0.3, 0.4) is 0 Å². The summed E-state index contributed by atoms with van der Waals surface area (Å²) in [6.07, 6.45) is -4.63. The highest BCUT2D eigenvalue weighted by atomic mass is 19.4. The molecular formula is C22H29F3N4O6. The zero-order valence-electron chi connectivity index (χ0n) is 19.3. The average molecular weight is 502 g/mol. The van der Waals surface area contributed by atoms with Gasteiger partial charge in [0.2, 0.25) is 11.8 Å². The van der Waals surface area contributed by atoms with Crippen molar-refractivity contribution in [1.82, 2.24) is 14.8 Å². The minimum absolute atomic E-state index is 0.0616. The van der Waals surface area contributed by atoms with E-state index in [9.17, 15) is 27.6 Å². The minimum atomic E-state index is -4.81. The molecule has 0 aromatic heterocycles. The highest BCUT2D eigenvalue weighted by molar-refractivity contribution is 5.96. The maximum atomic E-state index is 13.2. The number of morpholine rings is 1. The first-order valence-corrected chi connectivity index (χ1v) is 11.2. The van der Waals surface area contributed by atoms with Gasteiger partial charge in [0, 0.05) is 39.2 Å². The van der Waals surface area contributed by atoms with Gasteiger partial charge in [0.15, 0.2) is 0 Å². The predicted octanol–water partition coefficient (Wildman–Crippen LogP) is 1.71. The van der Waals surface area contributed by atoms with E-state index in [2.05, 4.69) is 4.74 Å². The lowest BCUT2D eigenvalue weighted by atomic mass is 9.84. The summed E-state index contributed by atoms with van der Waals surface area (Å²) in [5.74, 6) is 3.02. The summed E-state index contributed by atoms with van der Waals surface area (Å²) in [4.78, 5) is 41.6. The third-order valence-corrected chi connectivity index (χ3v) is 5.96. The molecule has 0 saturated carbocycles. The van der Waals surface area contributed by atoms with Crippen LogP contribution in [0.25, 0.3) is 0 Å². The van der Waals surface area contributed by atoms with Crippen LogP contribution < -0.4 is 10.6 Å². The van der Waals surface area contributed by atoms with E-state index in [0.29, 0.717) is 36.9 Å². The molecule has 2 saturated heterocycles. The summed E-state index contributed by atoms with van der Waals surface area (Å²) in [7, 11) is 1.42. The molecule has 2 aliphatic heterocycles. The lowest BCUT2D eigenvalue weighted by Gasteiger charge is -2.41. The van der Waals surface area contributed by atoms with Crippen LogP contribution in [-0.4, -0.2) is 92.1 Å². The monoisotopic (exact) mass is 502 g/mol. The van der Waals surface area contributed by atoms with Gasteiger partial charge < -0.3 is 24.0 Å². The molecular weight excluding hydrogens is 473 g/mol. The Kier molecular flexibility index (Phi) is 8.92. The number of benzene rings is 1. The number of halogens is 3. The number of ether oxygens (including phenoxy) is 3. The quantitative estimate of drug-likeness (QED) is 0.358. The number of rotatable bonds is 6. The van der Waals surface area contributed by atoms with E-state index in [0.717, 1.165) is 0 Å². The minimum Gasteiger partial charge on any atom is -0.406 e. The zero-order chi connectivity index (χ0) is 25.6. The molecule has 0 spiro atoms. The van der Waals surface area contributed by atoms with Crippen molar-refractivity contribution < 1.29 is 41.8 Å². The van der Waals surface area contributed by atoms with Gasteiger partial charge in [-0.15, -0.1) is 13.2 Å². The Labute approximate surface area is 200 Å². The molecule has 2 atom stereocenters. The summed E-state index contributed by atoms with van der Waals surface area (Å²) in [5, 5.41) is 0.559. The molecule has 2 N–H and O–H groups in total. The van der Waals surface area contributed by atoms with E-state index in [-0.39, 0.29) is 50.2 Å². The Morgan fingerprint density at radius 1 is 1.11 bits per heavy atom. The summed E-state index contributed by atoms with van der Waals surface area (Å²) in [6, 6.07) is 5.04. The number of hydrogen-bond donors (Lipinski definition) is 1. The smallest absolute Gasteiger partial charge is 0.406 e. The molecule has 2 unspecified atom stereocenters. The standard InChI is InChI=1S/C22H29F3N4O6/c1-33-9-6-19(30)29(26)20(31)17-12-16(15-2-4-18(5-3-15)35-22(23,24)25)13-28(14-17)21(32)27-7-10-34-11-8-27/h2-5,16-17H,6-14,26H2,1H3. The van der Waals surface area contributed by atoms with Gasteiger partial charge >= 0.3 is 12.4 Å². The van der Waals surface area contributed by atoms with E-state index < -0.39 is 24.1 Å². The second kappa shape index (κ2) is 11.7. The highest BCUT2D eigenvalue weighted by Crippen LogP contribution is 2.33. The largest absolute Gasteiger partial charge is 0.573 e. The first-order valence-electron chi connectivity index (χ1n) is 11.2. The molecule has 13 heteroatoms. The van der Waals surface area contributed by atoms with Crippen LogP contribution in [0.1, 0.15) is 24.3 Å². The number of alkyl halides is 3. The Morgan fingerprint density at radius 2 is 1.77 bits per heavy atom. The number of piperidine rings is 1. The van der Waals surface area contributed by atoms with E-state index in [1.165, 1.54) is 36.3 Å². The van der Waals surface area contributed by atoms with Crippen LogP contribution in [0.2, 0.25) is 0 Å². The van der Waals surface area contributed by atoms with Gasteiger partial charge in [0.25, 0.3) is 0 Å². The second-order valence-corrected chi connectivity index (χ2v) is 8.38. The molecule has 4 amide bonds. The van der Waals surface area contributed by atoms with E-state index >= 15 is 0 Å². The van der Waals surface area contributed by atoms with E-state index in [1.807, 2.05) is 0 Å². The number of carbonyl (C=O) groups is 3. The fraction of sp³-hybridized carbons (Fsp3) is 0.591. The van der Waals surface area contributed by atoms with Crippen molar-refractivity contribution in [2.45, 2.75) is 25.1 Å². The number of urea groups is 1. The average Bonchev–Trinajstić information content (AvgIpc) is 2.85. The van der Waals surface area contributed by atoms with Crippen molar-refractivity contribution in [1.29, 1.82) is 0 Å². The molecule has 2 fully saturated rings. The van der Waals surface area contributed by atoms with Gasteiger partial charge in [0.1, 0.15) is 5.75 Å². The molecule has 35 heavy (non-hydrogen) atoms. The van der Waals surface area contributed by atoms with Crippen LogP contribution in [0.15, 0.2) is 24.3 Å². The molecule has 0 bridgehead atoms. The van der Waals surface area contributed by atoms with Crippen molar-refractivity contribution in [2.75, 3.05) is 53.1 Å². The van der Waals surface area contributed by atoms with Crippen LogP contribution >= 0.6 is 0 Å². The normalized spacial score (nSPS) is 20.9. The number of imide groups is 1. The van der Waals surface area contributed by atoms with Crippen molar-refractivity contribution in [3.63, 3.8) is 0 Å². The van der Waals surface area contributed by atoms with Gasteiger partial charge in [-0.1, -0.05) is 12.1 Å². The number of methoxy groups -OCH3 is 1. The topological polar surface area (TPSA) is 115 Å². The first-order chi connectivity index (χ1) is 16.6. The number of carbonyl (C=O) groups excluding carboxylic acids is 3. The fourth-order valence-electron chi connectivity index (χ4n) is 4.20. The van der Waals surface area contributed by atoms with Gasteiger partial charge in [-0.05, 0) is 24.1 Å². The van der Waals surface area contributed by atoms with Gasteiger partial charge in [-0.25, -0.2) is 15.6 Å². The van der Waals surface area contributed by atoms with Crippen molar-refractivity contribution >= 4 is 17.8 Å². The van der Waals surface area contributed by atoms with Crippen LogP contribution in [0.4, 0.5) is 18.0 Å². The van der Waals surface area contributed by atoms with E-state index in [1.54, 1.807) is 4.90 Å². The molecule has 0 radical (unpaired) electrons. The molecule has 2 heterocycles. The zero-order valence-corrected chi connectivity index (χ0v) is 19.3. The van der Waals surface area contributed by atoms with Crippen molar-refractivity contribution in [3.05, 3.63) is 29.8 Å². The summed E-state index contributed by atoms with van der Waals surface area (Å²) in [6.45, 7) is 2.02. The maximum Gasteiger partial charge on any atom is 0.573 e. The van der Waals surface area contributed by atoms with Gasteiger partial charge in [0.05, 0.1) is 32.2 Å². The molecule has 0 aliphatic carbocycles. The number of amides is 4. The van der Waals surface area contributed by atoms with Gasteiger partial charge in [-0.3, -0.25) is 9.59 Å². The number of nitrogens with two attached hydrogens (primary N) is 1. The third-order valence-electron chi connectivity index (χ3n) is 5.96. The number of likely N-dealkylation sites (tertiary alicyclic amines) is 1. The molecule has 194 valence electrons. The molecule has 2 aliphatic rings. The summed E-state index contributed by atoms with van der Waals surface area (Å²) >= 11 is 0. The Morgan fingerprint density at radius 3 is 2.37 bits per heavy atom. The molecule has 1 aromatic carbocycles. The Bertz CT molecular complexity index is 892. The van der Waals surface area contributed by atoms with Crippen molar-refractivity contribution in [3.8, 4) is 5.75 Å². The van der Waals surface area contributed by atoms with Crippen LogP contribution in [0.5, 0.6) is 5.75 Å². The van der Waals surface area contributed by atoms with Crippen LogP contribution in [0, 0.1) is 5.92 Å². The Balaban J connectivity index is 1.79. The predicted molar refractivity (Wildman–Crippen MR) is 116 cm³/mol. The number of nitrogens with zero attached hydrogens (tertiary/aromatic N) is 3. The summed E-state index contributed by atoms with van der Waals surface area (Å²) < 4.78 is 51.6. The molecule has 3 rings (SSSR count). The van der Waals surface area contributed by atoms with Crippen molar-refractivity contribution in [2.24, 2.45) is 11.8 Å². The second-order valence-electron chi connectivity index (χ2n) is 8.38. The SMILES string of the molecule is COCCC(=O)N(N)C(=O)C1CC(c2ccc(OC(F)(F)F)cc2)CN(C(=O)N2CCOCC2)C1. The molecule has 1 aromatic rings. The third kappa shape index (κ3) is 7.29. The fourth-order valence-corrected chi connectivity index (χ4v) is 4.20. The lowest BCUT2D eigenvalue weighted by molar-refractivity contribution is -0.274. The number of hydrogen-bond acceptors (Lipinski definition) is 7. The maximum absolute atomic E-state index is 13.2. The molecule has 10 nitrogen and oxygen atoms in total. The lowest BCUT2D eigenvalue weighted by Crippen LogP contribution is -2.56. The van der Waals surface area contributed by atoms with Gasteiger partial charge in [-0.2, -0.15) is 0 Å². The van der Waals surface area contributed by atoms with Crippen LogP contribution in [-0.2, 0) is 19.1 Å². The summed E-state index contributed by atoms with van der Waals surface area (Å²) in [5.41, 5.74) is 0.631. The number of hydrazine groups is 1. The first kappa shape index (κ1) is 26.7. The highest BCUT2D eigenvalue weighted by Gasteiger charge is 2.39. The Hall–Kier alpha value is -2.90.